The third-order valence-corrected chi connectivity index (χ3v) is 6.54. The molecule has 1 amide bonds. The molecule has 0 bridgehead atoms. The summed E-state index contributed by atoms with van der Waals surface area (Å²) >= 11 is 1.68. The topological polar surface area (TPSA) is 56.1 Å². The van der Waals surface area contributed by atoms with E-state index in [1.807, 2.05) is 24.3 Å². The van der Waals surface area contributed by atoms with Gasteiger partial charge in [-0.15, -0.1) is 11.3 Å². The Labute approximate surface area is 168 Å². The third-order valence-electron chi connectivity index (χ3n) is 5.49. The number of aryl methyl sites for hydroxylation is 2. The lowest BCUT2D eigenvalue weighted by atomic mass is 10.1. The van der Waals surface area contributed by atoms with Gasteiger partial charge >= 0.3 is 0 Å². The van der Waals surface area contributed by atoms with Gasteiger partial charge < -0.3 is 14.6 Å². The number of carbonyl (C=O) groups is 1. The maximum atomic E-state index is 12.6. The van der Waals surface area contributed by atoms with E-state index >= 15 is 0 Å². The van der Waals surface area contributed by atoms with Crippen LogP contribution in [0.1, 0.15) is 41.6 Å². The van der Waals surface area contributed by atoms with Gasteiger partial charge in [-0.25, -0.2) is 4.98 Å². The largest absolute Gasteiger partial charge is 0.372 e. The standard InChI is InChI=1S/C22H23N3O2S/c26-21(13-19-22-15(7-10-27-19)8-11-28-22)23-17-5-3-4-16(12-17)18-14-25-9-2-1-6-20(25)24-18/h3-5,8,11-12,14,19H,1-2,6-7,9-10,13H2,(H,23,26)/t19-/m1/s1. The first kappa shape index (κ1) is 17.6. The number of hydrogen-bond donors (Lipinski definition) is 1. The predicted octanol–water partition coefficient (Wildman–Crippen LogP) is 4.59. The molecular weight excluding hydrogens is 370 g/mol. The summed E-state index contributed by atoms with van der Waals surface area (Å²) in [5.41, 5.74) is 4.14. The van der Waals surface area contributed by atoms with Crippen molar-refractivity contribution in [2.75, 3.05) is 11.9 Å². The average molecular weight is 394 g/mol. The fourth-order valence-electron chi connectivity index (χ4n) is 4.06. The zero-order valence-electron chi connectivity index (χ0n) is 15.7. The first-order valence-electron chi connectivity index (χ1n) is 9.90. The molecule has 2 aliphatic heterocycles. The van der Waals surface area contributed by atoms with Crippen molar-refractivity contribution < 1.29 is 9.53 Å². The highest BCUT2D eigenvalue weighted by Crippen LogP contribution is 2.34. The predicted molar refractivity (Wildman–Crippen MR) is 111 cm³/mol. The van der Waals surface area contributed by atoms with Crippen LogP contribution in [-0.2, 0) is 28.9 Å². The Kier molecular flexibility index (Phi) is 4.74. The third kappa shape index (κ3) is 3.50. The van der Waals surface area contributed by atoms with Crippen LogP contribution in [0.2, 0.25) is 0 Å². The van der Waals surface area contributed by atoms with E-state index in [-0.39, 0.29) is 12.0 Å². The average Bonchev–Trinajstić information content (AvgIpc) is 3.35. The van der Waals surface area contributed by atoms with Gasteiger partial charge in [-0.05, 0) is 48.4 Å². The lowest BCUT2D eigenvalue weighted by Gasteiger charge is -2.22. The zero-order chi connectivity index (χ0) is 18.9. The molecule has 2 aromatic heterocycles. The van der Waals surface area contributed by atoms with Crippen molar-refractivity contribution in [1.82, 2.24) is 9.55 Å². The minimum atomic E-state index is -0.133. The second-order valence-electron chi connectivity index (χ2n) is 7.45. The maximum absolute atomic E-state index is 12.6. The van der Waals surface area contributed by atoms with Crippen LogP contribution in [0.25, 0.3) is 11.3 Å². The number of aromatic nitrogens is 2. The molecule has 0 spiro atoms. The Hall–Kier alpha value is -2.44. The molecule has 0 unspecified atom stereocenters. The molecule has 5 rings (SSSR count). The molecule has 0 aliphatic carbocycles. The Balaban J connectivity index is 1.29. The summed E-state index contributed by atoms with van der Waals surface area (Å²) in [6, 6.07) is 10.1. The van der Waals surface area contributed by atoms with Crippen LogP contribution >= 0.6 is 11.3 Å². The van der Waals surface area contributed by atoms with Gasteiger partial charge in [-0.1, -0.05) is 12.1 Å². The lowest BCUT2D eigenvalue weighted by molar-refractivity contribution is -0.119. The minimum absolute atomic E-state index is 0.0208. The molecular formula is C22H23N3O2S. The van der Waals surface area contributed by atoms with Crippen molar-refractivity contribution in [2.45, 2.75) is 44.8 Å². The summed E-state index contributed by atoms with van der Waals surface area (Å²) in [4.78, 5) is 18.6. The molecule has 5 nitrogen and oxygen atoms in total. The summed E-state index contributed by atoms with van der Waals surface area (Å²) in [5, 5.41) is 5.12. The number of benzene rings is 1. The first-order chi connectivity index (χ1) is 13.8. The fraction of sp³-hybridized carbons (Fsp3) is 0.364. The molecule has 0 fully saturated rings. The molecule has 1 atom stereocenters. The van der Waals surface area contributed by atoms with E-state index in [0.717, 1.165) is 42.2 Å². The molecule has 6 heteroatoms. The molecule has 2 aliphatic rings. The van der Waals surface area contributed by atoms with Crippen LogP contribution in [0.4, 0.5) is 5.69 Å². The van der Waals surface area contributed by atoms with Crippen molar-refractivity contribution in [1.29, 1.82) is 0 Å². The summed E-state index contributed by atoms with van der Waals surface area (Å²) in [6.07, 6.45) is 6.75. The van der Waals surface area contributed by atoms with Crippen LogP contribution in [-0.4, -0.2) is 22.1 Å². The van der Waals surface area contributed by atoms with Gasteiger partial charge in [0, 0.05) is 35.3 Å². The number of anilines is 1. The van der Waals surface area contributed by atoms with Crippen LogP contribution in [0.3, 0.4) is 0 Å². The van der Waals surface area contributed by atoms with Gasteiger partial charge in [-0.3, -0.25) is 4.79 Å². The second kappa shape index (κ2) is 7.53. The van der Waals surface area contributed by atoms with Gasteiger partial charge in [0.25, 0.3) is 0 Å². The van der Waals surface area contributed by atoms with Gasteiger partial charge in [-0.2, -0.15) is 0 Å². The number of thiophene rings is 1. The van der Waals surface area contributed by atoms with E-state index in [0.29, 0.717) is 13.0 Å². The molecule has 3 aromatic rings. The number of hydrogen-bond acceptors (Lipinski definition) is 4. The van der Waals surface area contributed by atoms with Crippen LogP contribution in [0.15, 0.2) is 41.9 Å². The van der Waals surface area contributed by atoms with Crippen LogP contribution < -0.4 is 5.32 Å². The number of amides is 1. The molecule has 28 heavy (non-hydrogen) atoms. The highest BCUT2D eigenvalue weighted by molar-refractivity contribution is 7.10. The van der Waals surface area contributed by atoms with Gasteiger partial charge in [0.05, 0.1) is 18.7 Å². The summed E-state index contributed by atoms with van der Waals surface area (Å²) in [6.45, 7) is 1.73. The Morgan fingerprint density at radius 2 is 2.25 bits per heavy atom. The highest BCUT2D eigenvalue weighted by atomic mass is 32.1. The molecule has 0 saturated carbocycles. The summed E-state index contributed by atoms with van der Waals surface area (Å²) in [5.74, 6) is 1.14. The highest BCUT2D eigenvalue weighted by Gasteiger charge is 2.24. The van der Waals surface area contributed by atoms with Crippen LogP contribution in [0.5, 0.6) is 0 Å². The van der Waals surface area contributed by atoms with Crippen molar-refractivity contribution >= 4 is 22.9 Å². The normalized spacial score (nSPS) is 18.4. The van der Waals surface area contributed by atoms with E-state index in [2.05, 4.69) is 27.5 Å². The van der Waals surface area contributed by atoms with Crippen molar-refractivity contribution in [3.05, 3.63) is 58.2 Å². The maximum Gasteiger partial charge on any atom is 0.227 e. The Bertz CT molecular complexity index is 983. The van der Waals surface area contributed by atoms with Crippen molar-refractivity contribution in [2.24, 2.45) is 0 Å². The zero-order valence-corrected chi connectivity index (χ0v) is 16.5. The first-order valence-corrected chi connectivity index (χ1v) is 10.8. The monoisotopic (exact) mass is 393 g/mol. The van der Waals surface area contributed by atoms with E-state index in [1.54, 1.807) is 11.3 Å². The number of ether oxygens (including phenoxy) is 1. The number of imidazole rings is 1. The smallest absolute Gasteiger partial charge is 0.227 e. The van der Waals surface area contributed by atoms with E-state index in [1.165, 1.54) is 23.3 Å². The number of fused-ring (bicyclic) bond motifs is 2. The molecule has 0 radical (unpaired) electrons. The quantitative estimate of drug-likeness (QED) is 0.705. The molecule has 144 valence electrons. The molecule has 0 saturated heterocycles. The number of carbonyl (C=O) groups excluding carboxylic acids is 1. The van der Waals surface area contributed by atoms with Gasteiger partial charge in [0.2, 0.25) is 5.91 Å². The SMILES string of the molecule is O=C(C[C@H]1OCCc2ccsc21)Nc1cccc(-c2cn3c(n2)CCCC3)c1. The van der Waals surface area contributed by atoms with Crippen molar-refractivity contribution in [3.8, 4) is 11.3 Å². The molecule has 4 heterocycles. The second-order valence-corrected chi connectivity index (χ2v) is 8.39. The summed E-state index contributed by atoms with van der Waals surface area (Å²) < 4.78 is 8.10. The van der Waals surface area contributed by atoms with E-state index in [9.17, 15) is 4.79 Å². The lowest BCUT2D eigenvalue weighted by Crippen LogP contribution is -2.21. The minimum Gasteiger partial charge on any atom is -0.372 e. The van der Waals surface area contributed by atoms with E-state index < -0.39 is 0 Å². The Morgan fingerprint density at radius 1 is 1.29 bits per heavy atom. The number of rotatable bonds is 4. The van der Waals surface area contributed by atoms with Crippen LogP contribution in [0, 0.1) is 0 Å². The van der Waals surface area contributed by atoms with E-state index in [4.69, 9.17) is 9.72 Å². The van der Waals surface area contributed by atoms with Gasteiger partial charge in [0.15, 0.2) is 0 Å². The number of nitrogens with one attached hydrogen (secondary N) is 1. The van der Waals surface area contributed by atoms with Crippen molar-refractivity contribution in [3.63, 3.8) is 0 Å². The number of nitrogens with zero attached hydrogens (tertiary/aromatic N) is 2. The molecule has 1 aromatic carbocycles. The van der Waals surface area contributed by atoms with Gasteiger partial charge in [0.1, 0.15) is 11.9 Å². The molecule has 1 N–H and O–H groups in total. The Morgan fingerprint density at radius 3 is 3.18 bits per heavy atom. The summed E-state index contributed by atoms with van der Waals surface area (Å²) in [7, 11) is 0. The fourth-order valence-corrected chi connectivity index (χ4v) is 5.07.